The Morgan fingerprint density at radius 2 is 1.78 bits per heavy atom. The molecule has 6 rings (SSSR count). The van der Waals surface area contributed by atoms with E-state index in [0.29, 0.717) is 30.2 Å². The number of phenols is 1. The van der Waals surface area contributed by atoms with Crippen molar-refractivity contribution in [1.82, 2.24) is 10.2 Å². The van der Waals surface area contributed by atoms with Crippen LogP contribution in [0.25, 0.3) is 0 Å². The number of fused-ring (bicyclic) bond motifs is 4. The van der Waals surface area contributed by atoms with E-state index < -0.39 is 5.41 Å². The Bertz CT molecular complexity index is 1260. The molecule has 1 amide bonds. The fraction of sp³-hybridized carbons (Fsp3) is 0.406. The van der Waals surface area contributed by atoms with Crippen LogP contribution in [0.4, 0.5) is 0 Å². The second kappa shape index (κ2) is 8.77. The summed E-state index contributed by atoms with van der Waals surface area (Å²) >= 11 is 0. The normalized spacial score (nSPS) is 30.9. The number of nitrogens with one attached hydrogen (secondary N) is 1. The third-order valence-electron chi connectivity index (χ3n) is 9.66. The molecule has 4 nitrogen and oxygen atoms in total. The molecule has 3 aliphatic rings. The van der Waals surface area contributed by atoms with Crippen LogP contribution in [0, 0.1) is 11.8 Å². The molecule has 0 spiro atoms. The minimum atomic E-state index is -0.446. The Kier molecular flexibility index (Phi) is 5.68. The van der Waals surface area contributed by atoms with Crippen molar-refractivity contribution in [2.45, 2.75) is 56.5 Å². The largest absolute Gasteiger partial charge is 0.508 e. The van der Waals surface area contributed by atoms with E-state index in [1.165, 1.54) is 11.1 Å². The Hall–Kier alpha value is -3.11. The van der Waals surface area contributed by atoms with Gasteiger partial charge in [0.15, 0.2) is 0 Å². The van der Waals surface area contributed by atoms with Crippen molar-refractivity contribution >= 4 is 5.91 Å². The first kappa shape index (κ1) is 23.3. The number of hydrogen-bond donors (Lipinski definition) is 2. The smallest absolute Gasteiger partial charge is 0.231 e. The van der Waals surface area contributed by atoms with Crippen LogP contribution >= 0.6 is 0 Å². The Morgan fingerprint density at radius 3 is 2.53 bits per heavy atom. The summed E-state index contributed by atoms with van der Waals surface area (Å²) in [7, 11) is 0. The van der Waals surface area contributed by atoms with Crippen LogP contribution in [0.1, 0.15) is 48.9 Å². The van der Waals surface area contributed by atoms with Crippen LogP contribution < -0.4 is 5.32 Å². The average Bonchev–Trinajstić information content (AvgIpc) is 3.63. The van der Waals surface area contributed by atoms with Gasteiger partial charge in [-0.05, 0) is 77.4 Å². The summed E-state index contributed by atoms with van der Waals surface area (Å²) in [5.74, 6) is 1.34. The van der Waals surface area contributed by atoms with Gasteiger partial charge in [0.2, 0.25) is 5.91 Å². The lowest BCUT2D eigenvalue weighted by molar-refractivity contribution is -0.124. The molecule has 1 heterocycles. The van der Waals surface area contributed by atoms with Crippen molar-refractivity contribution in [3.05, 3.63) is 101 Å². The zero-order valence-electron chi connectivity index (χ0n) is 21.3. The topological polar surface area (TPSA) is 52.6 Å². The zero-order chi connectivity index (χ0) is 24.9. The molecule has 3 aromatic rings. The lowest BCUT2D eigenvalue weighted by atomic mass is 9.59. The number of carbonyl (C=O) groups excluding carboxylic acids is 1. The van der Waals surface area contributed by atoms with Crippen molar-refractivity contribution in [2.75, 3.05) is 13.1 Å². The molecule has 4 heteroatoms. The number of amides is 1. The van der Waals surface area contributed by atoms with Crippen molar-refractivity contribution in [3.8, 4) is 5.75 Å². The molecular weight excluding hydrogens is 444 g/mol. The third kappa shape index (κ3) is 3.74. The molecule has 2 fully saturated rings. The highest BCUT2D eigenvalue weighted by molar-refractivity contribution is 5.92. The number of rotatable bonds is 6. The maximum Gasteiger partial charge on any atom is 0.231 e. The number of likely N-dealkylation sites (tertiary alicyclic amines) is 1. The number of nitrogens with zero attached hydrogens (tertiary/aromatic N) is 1. The van der Waals surface area contributed by atoms with Gasteiger partial charge in [0.1, 0.15) is 5.75 Å². The van der Waals surface area contributed by atoms with E-state index in [0.717, 1.165) is 43.5 Å². The van der Waals surface area contributed by atoms with Crippen LogP contribution in [-0.2, 0) is 28.6 Å². The highest BCUT2D eigenvalue weighted by Crippen LogP contribution is 2.56. The number of aromatic hydroxyl groups is 1. The van der Waals surface area contributed by atoms with Crippen molar-refractivity contribution in [2.24, 2.45) is 11.8 Å². The molecule has 186 valence electrons. The number of carbonyl (C=O) groups is 1. The Labute approximate surface area is 214 Å². The molecule has 2 aliphatic carbocycles. The maximum absolute atomic E-state index is 13.7. The lowest BCUT2D eigenvalue weighted by Crippen LogP contribution is -2.58. The molecule has 2 N–H and O–H groups in total. The maximum atomic E-state index is 13.7. The molecule has 2 bridgehead atoms. The molecule has 5 atom stereocenters. The van der Waals surface area contributed by atoms with Gasteiger partial charge in [0.25, 0.3) is 0 Å². The predicted molar refractivity (Wildman–Crippen MR) is 143 cm³/mol. The summed E-state index contributed by atoms with van der Waals surface area (Å²) in [6.45, 7) is 7.31. The summed E-state index contributed by atoms with van der Waals surface area (Å²) < 4.78 is 0. The van der Waals surface area contributed by atoms with E-state index in [1.54, 1.807) is 0 Å². The minimum absolute atomic E-state index is 0.0839. The van der Waals surface area contributed by atoms with Crippen molar-refractivity contribution in [1.29, 1.82) is 0 Å². The van der Waals surface area contributed by atoms with E-state index in [-0.39, 0.29) is 11.3 Å². The van der Waals surface area contributed by atoms with E-state index in [9.17, 15) is 9.90 Å². The summed E-state index contributed by atoms with van der Waals surface area (Å²) in [5.41, 5.74) is 4.60. The molecule has 0 radical (unpaired) electrons. The zero-order valence-corrected chi connectivity index (χ0v) is 21.3. The van der Waals surface area contributed by atoms with Crippen molar-refractivity contribution in [3.63, 3.8) is 0 Å². The van der Waals surface area contributed by atoms with Crippen LogP contribution in [0.5, 0.6) is 5.75 Å². The second-order valence-corrected chi connectivity index (χ2v) is 11.5. The highest BCUT2D eigenvalue weighted by Gasteiger charge is 2.62. The number of benzene rings is 3. The van der Waals surface area contributed by atoms with Gasteiger partial charge in [0, 0.05) is 19.1 Å². The van der Waals surface area contributed by atoms with Gasteiger partial charge in [-0.3, -0.25) is 9.69 Å². The number of phenolic OH excluding ortho intramolecular Hbond substituents is 1. The quantitative estimate of drug-likeness (QED) is 0.511. The Morgan fingerprint density at radius 1 is 1.06 bits per heavy atom. The van der Waals surface area contributed by atoms with Crippen LogP contribution in [0.3, 0.4) is 0 Å². The summed E-state index contributed by atoms with van der Waals surface area (Å²) in [5, 5.41) is 13.4. The average molecular weight is 481 g/mol. The first-order valence-electron chi connectivity index (χ1n) is 13.4. The first-order valence-corrected chi connectivity index (χ1v) is 13.4. The Balaban J connectivity index is 1.23. The van der Waals surface area contributed by atoms with E-state index >= 15 is 0 Å². The highest BCUT2D eigenvalue weighted by atomic mass is 16.3. The van der Waals surface area contributed by atoms with E-state index in [2.05, 4.69) is 66.5 Å². The first-order chi connectivity index (χ1) is 17.4. The minimum Gasteiger partial charge on any atom is -0.508 e. The molecule has 3 aromatic carbocycles. The van der Waals surface area contributed by atoms with Gasteiger partial charge in [-0.1, -0.05) is 80.6 Å². The second-order valence-electron chi connectivity index (χ2n) is 11.5. The van der Waals surface area contributed by atoms with Crippen molar-refractivity contribution < 1.29 is 9.90 Å². The van der Waals surface area contributed by atoms with Gasteiger partial charge in [-0.15, -0.1) is 0 Å². The molecule has 1 saturated carbocycles. The molecular formula is C32H36N2O2. The van der Waals surface area contributed by atoms with Crippen LogP contribution in [0.15, 0.2) is 78.9 Å². The summed E-state index contributed by atoms with van der Waals surface area (Å²) in [6, 6.07) is 27.0. The van der Waals surface area contributed by atoms with Crippen LogP contribution in [0.2, 0.25) is 0 Å². The fourth-order valence-electron chi connectivity index (χ4n) is 7.19. The van der Waals surface area contributed by atoms with Gasteiger partial charge in [-0.2, -0.15) is 0 Å². The predicted octanol–water partition coefficient (Wildman–Crippen LogP) is 5.19. The molecule has 36 heavy (non-hydrogen) atoms. The molecule has 1 aliphatic heterocycles. The van der Waals surface area contributed by atoms with Crippen LogP contribution in [-0.4, -0.2) is 35.0 Å². The number of piperidine rings is 1. The van der Waals surface area contributed by atoms with E-state index in [4.69, 9.17) is 0 Å². The standard InChI is InChI=1S/C32H36N2O2/c1-22-29-17-24-13-14-27(35)18-28(24)31(22,2)15-16-34(29)21-26-19-32(26,25-11-7-4-8-12-25)30(36)33-20-23-9-5-3-6-10-23/h3-14,18,22,26,29,35H,15-17,19-21H2,1-2H3,(H,33,36)/t22-,26-,29+,31-,32+/m0/s1. The molecule has 0 unspecified atom stereocenters. The lowest BCUT2D eigenvalue weighted by Gasteiger charge is -2.55. The summed E-state index contributed by atoms with van der Waals surface area (Å²) in [4.78, 5) is 16.4. The SMILES string of the molecule is C[C@H]1[C@H]2Cc3ccc(O)cc3[C@@]1(C)CCN2C[C@@H]1C[C@@]1(C(=O)NCc1ccccc1)c1ccccc1. The van der Waals surface area contributed by atoms with Gasteiger partial charge in [-0.25, -0.2) is 0 Å². The van der Waals surface area contributed by atoms with Gasteiger partial charge in [0.05, 0.1) is 5.41 Å². The van der Waals surface area contributed by atoms with Gasteiger partial charge >= 0.3 is 0 Å². The summed E-state index contributed by atoms with van der Waals surface area (Å²) in [6.07, 6.45) is 2.99. The number of hydrogen-bond acceptors (Lipinski definition) is 3. The molecule has 0 aromatic heterocycles. The molecule has 1 saturated heterocycles. The van der Waals surface area contributed by atoms with Gasteiger partial charge < -0.3 is 10.4 Å². The third-order valence-corrected chi connectivity index (χ3v) is 9.66. The fourth-order valence-corrected chi connectivity index (χ4v) is 7.19. The monoisotopic (exact) mass is 480 g/mol. The van der Waals surface area contributed by atoms with E-state index in [1.807, 2.05) is 36.4 Å².